The number of ether oxygens (including phenoxy) is 1. The molecule has 0 saturated heterocycles. The largest absolute Gasteiger partial charge is 0.449 e. The average molecular weight is 409 g/mol. The standard InChI is InChI=1S/C21H19N3O4S/c1-13(21(27)23-16-9-7-15(8-10-16)22-14(2)25)28-20(26)12-11-19-24-17-5-3-4-6-18(17)29-19/h3-13H,1-2H3,(H,22,25)(H,23,27). The molecule has 2 N–H and O–H groups in total. The number of aromatic nitrogens is 1. The molecule has 1 aromatic heterocycles. The van der Waals surface area contributed by atoms with Gasteiger partial charge >= 0.3 is 5.97 Å². The predicted molar refractivity (Wildman–Crippen MR) is 114 cm³/mol. The number of benzene rings is 2. The summed E-state index contributed by atoms with van der Waals surface area (Å²) in [5.74, 6) is -1.27. The highest BCUT2D eigenvalue weighted by Gasteiger charge is 2.16. The maximum Gasteiger partial charge on any atom is 0.331 e. The smallest absolute Gasteiger partial charge is 0.331 e. The maximum absolute atomic E-state index is 12.2. The highest BCUT2D eigenvalue weighted by Crippen LogP contribution is 2.22. The molecule has 0 radical (unpaired) electrons. The number of nitrogens with zero attached hydrogens (tertiary/aromatic N) is 1. The van der Waals surface area contributed by atoms with Gasteiger partial charge in [-0.05, 0) is 49.4 Å². The Kier molecular flexibility index (Phi) is 6.36. The van der Waals surface area contributed by atoms with Crippen LogP contribution in [0.2, 0.25) is 0 Å². The summed E-state index contributed by atoms with van der Waals surface area (Å²) in [4.78, 5) is 39.6. The van der Waals surface area contributed by atoms with Crippen molar-refractivity contribution >= 4 is 56.8 Å². The maximum atomic E-state index is 12.2. The number of para-hydroxylation sites is 1. The summed E-state index contributed by atoms with van der Waals surface area (Å²) in [5, 5.41) is 5.97. The Bertz CT molecular complexity index is 1040. The number of thiazole rings is 1. The van der Waals surface area contributed by atoms with Crippen LogP contribution in [0.15, 0.2) is 54.6 Å². The number of esters is 1. The van der Waals surface area contributed by atoms with Gasteiger partial charge in [-0.3, -0.25) is 9.59 Å². The molecule has 2 amide bonds. The zero-order chi connectivity index (χ0) is 20.8. The predicted octanol–water partition coefficient (Wildman–Crippen LogP) is 3.84. The third-order valence-electron chi connectivity index (χ3n) is 3.81. The van der Waals surface area contributed by atoms with Crippen LogP contribution in [0.3, 0.4) is 0 Å². The molecule has 29 heavy (non-hydrogen) atoms. The lowest BCUT2D eigenvalue weighted by Gasteiger charge is -2.12. The monoisotopic (exact) mass is 409 g/mol. The molecule has 0 spiro atoms. The Morgan fingerprint density at radius 3 is 2.34 bits per heavy atom. The number of nitrogens with one attached hydrogen (secondary N) is 2. The van der Waals surface area contributed by atoms with Gasteiger partial charge in [0.05, 0.1) is 10.2 Å². The molecule has 3 aromatic rings. The summed E-state index contributed by atoms with van der Waals surface area (Å²) in [6.07, 6.45) is 1.85. The molecule has 0 fully saturated rings. The topological polar surface area (TPSA) is 97.4 Å². The van der Waals surface area contributed by atoms with Gasteiger partial charge in [-0.25, -0.2) is 9.78 Å². The number of fused-ring (bicyclic) bond motifs is 1. The number of carbonyl (C=O) groups excluding carboxylic acids is 3. The van der Waals surface area contributed by atoms with Crippen molar-refractivity contribution in [2.45, 2.75) is 20.0 Å². The van der Waals surface area contributed by atoms with Crippen molar-refractivity contribution in [1.29, 1.82) is 0 Å². The van der Waals surface area contributed by atoms with E-state index in [0.29, 0.717) is 16.4 Å². The number of hydrogen-bond donors (Lipinski definition) is 2. The highest BCUT2D eigenvalue weighted by molar-refractivity contribution is 7.19. The van der Waals surface area contributed by atoms with Crippen molar-refractivity contribution in [2.24, 2.45) is 0 Å². The second-order valence-electron chi connectivity index (χ2n) is 6.18. The molecule has 2 aromatic carbocycles. The number of carbonyl (C=O) groups is 3. The fourth-order valence-corrected chi connectivity index (χ4v) is 3.32. The minimum atomic E-state index is -0.975. The van der Waals surface area contributed by atoms with E-state index in [1.54, 1.807) is 30.3 Å². The molecule has 0 aliphatic rings. The van der Waals surface area contributed by atoms with E-state index in [2.05, 4.69) is 15.6 Å². The van der Waals surface area contributed by atoms with Gasteiger partial charge in [-0.2, -0.15) is 0 Å². The van der Waals surface area contributed by atoms with Crippen LogP contribution in [0.1, 0.15) is 18.9 Å². The first-order valence-electron chi connectivity index (χ1n) is 8.83. The molecule has 1 unspecified atom stereocenters. The van der Waals surface area contributed by atoms with E-state index in [1.165, 1.54) is 31.3 Å². The first-order chi connectivity index (χ1) is 13.9. The minimum Gasteiger partial charge on any atom is -0.449 e. The van der Waals surface area contributed by atoms with Crippen LogP contribution in [0.4, 0.5) is 11.4 Å². The summed E-state index contributed by atoms with van der Waals surface area (Å²) in [7, 11) is 0. The van der Waals surface area contributed by atoms with E-state index in [0.717, 1.165) is 10.2 Å². The van der Waals surface area contributed by atoms with Crippen LogP contribution < -0.4 is 10.6 Å². The number of hydrogen-bond acceptors (Lipinski definition) is 6. The number of amides is 2. The Labute approximate surface area is 171 Å². The molecule has 1 atom stereocenters. The fourth-order valence-electron chi connectivity index (χ4n) is 2.45. The van der Waals surface area contributed by atoms with E-state index in [4.69, 9.17) is 4.74 Å². The quantitative estimate of drug-likeness (QED) is 0.476. The molecule has 7 nitrogen and oxygen atoms in total. The molecular formula is C21H19N3O4S. The summed E-state index contributed by atoms with van der Waals surface area (Å²) < 4.78 is 6.16. The van der Waals surface area contributed by atoms with E-state index < -0.39 is 18.0 Å². The number of rotatable bonds is 6. The molecular weight excluding hydrogens is 390 g/mol. The van der Waals surface area contributed by atoms with Crippen LogP contribution in [-0.2, 0) is 19.1 Å². The van der Waals surface area contributed by atoms with Gasteiger partial charge in [0.15, 0.2) is 6.10 Å². The van der Waals surface area contributed by atoms with Crippen LogP contribution >= 0.6 is 11.3 Å². The Balaban J connectivity index is 1.53. The fraction of sp³-hybridized carbons (Fsp3) is 0.143. The van der Waals surface area contributed by atoms with Gasteiger partial charge in [-0.15, -0.1) is 11.3 Å². The molecule has 3 rings (SSSR count). The summed E-state index contributed by atoms with van der Waals surface area (Å²) in [5.41, 5.74) is 2.01. The molecule has 0 aliphatic heterocycles. The molecule has 0 aliphatic carbocycles. The minimum absolute atomic E-state index is 0.179. The summed E-state index contributed by atoms with van der Waals surface area (Å²) in [6, 6.07) is 14.3. The third-order valence-corrected chi connectivity index (χ3v) is 4.81. The molecule has 0 saturated carbocycles. The van der Waals surface area contributed by atoms with Gasteiger partial charge < -0.3 is 15.4 Å². The van der Waals surface area contributed by atoms with Crippen molar-refractivity contribution < 1.29 is 19.1 Å². The van der Waals surface area contributed by atoms with Crippen molar-refractivity contribution in [1.82, 2.24) is 4.98 Å². The second kappa shape index (κ2) is 9.11. The zero-order valence-electron chi connectivity index (χ0n) is 15.8. The summed E-state index contributed by atoms with van der Waals surface area (Å²) >= 11 is 1.46. The SMILES string of the molecule is CC(=O)Nc1ccc(NC(=O)C(C)OC(=O)C=Cc2nc3ccccc3s2)cc1. The lowest BCUT2D eigenvalue weighted by Crippen LogP contribution is -2.29. The first kappa shape index (κ1) is 20.2. The Morgan fingerprint density at radius 2 is 1.69 bits per heavy atom. The second-order valence-corrected chi connectivity index (χ2v) is 7.24. The van der Waals surface area contributed by atoms with E-state index >= 15 is 0 Å². The molecule has 8 heteroatoms. The van der Waals surface area contributed by atoms with E-state index in [-0.39, 0.29) is 5.91 Å². The Hall–Kier alpha value is -3.52. The Morgan fingerprint density at radius 1 is 1.03 bits per heavy atom. The van der Waals surface area contributed by atoms with Gasteiger partial charge in [0.1, 0.15) is 5.01 Å². The van der Waals surface area contributed by atoms with Gasteiger partial charge in [0.25, 0.3) is 5.91 Å². The zero-order valence-corrected chi connectivity index (χ0v) is 16.7. The summed E-state index contributed by atoms with van der Waals surface area (Å²) in [6.45, 7) is 2.90. The first-order valence-corrected chi connectivity index (χ1v) is 9.65. The van der Waals surface area contributed by atoms with E-state index in [1.807, 2.05) is 24.3 Å². The van der Waals surface area contributed by atoms with Crippen LogP contribution in [-0.4, -0.2) is 28.9 Å². The van der Waals surface area contributed by atoms with E-state index in [9.17, 15) is 14.4 Å². The lowest BCUT2D eigenvalue weighted by atomic mass is 10.2. The molecule has 1 heterocycles. The van der Waals surface area contributed by atoms with Crippen molar-refractivity contribution in [3.05, 3.63) is 59.6 Å². The normalized spacial score (nSPS) is 11.9. The average Bonchev–Trinajstić information content (AvgIpc) is 3.10. The number of anilines is 2. The van der Waals surface area contributed by atoms with Crippen LogP contribution in [0, 0.1) is 0 Å². The van der Waals surface area contributed by atoms with Crippen molar-refractivity contribution in [2.75, 3.05) is 10.6 Å². The van der Waals surface area contributed by atoms with Gasteiger partial charge in [-0.1, -0.05) is 12.1 Å². The van der Waals surface area contributed by atoms with Crippen molar-refractivity contribution in [3.63, 3.8) is 0 Å². The molecule has 0 bridgehead atoms. The molecule has 148 valence electrons. The van der Waals surface area contributed by atoms with Crippen molar-refractivity contribution in [3.8, 4) is 0 Å². The van der Waals surface area contributed by atoms with Crippen LogP contribution in [0.5, 0.6) is 0 Å². The highest BCUT2D eigenvalue weighted by atomic mass is 32.1. The van der Waals surface area contributed by atoms with Gasteiger partial charge in [0, 0.05) is 24.4 Å². The lowest BCUT2D eigenvalue weighted by molar-refractivity contribution is -0.148. The van der Waals surface area contributed by atoms with Crippen LogP contribution in [0.25, 0.3) is 16.3 Å². The third kappa shape index (κ3) is 5.73. The van der Waals surface area contributed by atoms with Gasteiger partial charge in [0.2, 0.25) is 5.91 Å².